The average Bonchev–Trinajstić information content (AvgIpc) is 2.46. The van der Waals surface area contributed by atoms with Gasteiger partial charge in [-0.05, 0) is 29.8 Å². The molecule has 0 spiro atoms. The fourth-order valence-corrected chi connectivity index (χ4v) is 3.73. The normalized spacial score (nSPS) is 12.0. The van der Waals surface area contributed by atoms with Gasteiger partial charge in [0.2, 0.25) is 5.28 Å². The molecule has 3 nitrogen and oxygen atoms in total. The number of aromatic nitrogens is 2. The van der Waals surface area contributed by atoms with Crippen molar-refractivity contribution in [3.8, 4) is 17.3 Å². The second-order valence-electron chi connectivity index (χ2n) is 4.42. The number of rotatable bonds is 0. The van der Waals surface area contributed by atoms with Gasteiger partial charge in [0.05, 0.1) is 22.8 Å². The fourth-order valence-electron chi connectivity index (χ4n) is 2.41. The van der Waals surface area contributed by atoms with Gasteiger partial charge >= 0.3 is 0 Å². The third-order valence-corrected chi connectivity index (χ3v) is 4.51. The second kappa shape index (κ2) is 4.20. The van der Waals surface area contributed by atoms with Gasteiger partial charge in [0.1, 0.15) is 0 Å². The lowest BCUT2D eigenvalue weighted by Crippen LogP contribution is -1.98. The lowest BCUT2D eigenvalue weighted by atomic mass is 10.0. The molecule has 2 aromatic carbocycles. The summed E-state index contributed by atoms with van der Waals surface area (Å²) >= 11 is 7.67. The Hall–Kier alpha value is -2.09. The number of halogens is 1. The molecule has 1 aromatic heterocycles. The van der Waals surface area contributed by atoms with Gasteiger partial charge in [-0.3, -0.25) is 0 Å². The van der Waals surface area contributed by atoms with Crippen LogP contribution in [-0.2, 0) is 0 Å². The fraction of sp³-hybridized carbons (Fsp3) is 0. The van der Waals surface area contributed by atoms with Gasteiger partial charge in [0.25, 0.3) is 0 Å². The van der Waals surface area contributed by atoms with Crippen molar-refractivity contribution in [1.82, 2.24) is 9.97 Å². The molecule has 1 aliphatic rings. The van der Waals surface area contributed by atoms with E-state index >= 15 is 0 Å². The first-order chi connectivity index (χ1) is 9.76. The van der Waals surface area contributed by atoms with Crippen LogP contribution >= 0.6 is 23.4 Å². The summed E-state index contributed by atoms with van der Waals surface area (Å²) in [6.07, 6.45) is 0. The van der Waals surface area contributed by atoms with Crippen LogP contribution in [0.3, 0.4) is 0 Å². The number of nitriles is 1. The van der Waals surface area contributed by atoms with Crippen molar-refractivity contribution in [3.63, 3.8) is 0 Å². The Morgan fingerprint density at radius 2 is 1.95 bits per heavy atom. The minimum Gasteiger partial charge on any atom is -0.218 e. The first-order valence-electron chi connectivity index (χ1n) is 5.95. The van der Waals surface area contributed by atoms with Crippen molar-refractivity contribution < 1.29 is 0 Å². The van der Waals surface area contributed by atoms with Crippen LogP contribution in [0, 0.1) is 11.3 Å². The smallest absolute Gasteiger partial charge is 0.218 e. The first-order valence-corrected chi connectivity index (χ1v) is 7.14. The summed E-state index contributed by atoms with van der Waals surface area (Å²) in [5.74, 6) is 0. The molecule has 0 N–H and O–H groups in total. The van der Waals surface area contributed by atoms with Crippen LogP contribution in [0.15, 0.2) is 46.2 Å². The van der Waals surface area contributed by atoms with E-state index in [4.69, 9.17) is 16.9 Å². The maximum Gasteiger partial charge on any atom is 0.223 e. The third-order valence-electron chi connectivity index (χ3n) is 3.23. The van der Waals surface area contributed by atoms with E-state index in [2.05, 4.69) is 16.0 Å². The molecule has 0 fully saturated rings. The largest absolute Gasteiger partial charge is 0.223 e. The molecule has 0 unspecified atom stereocenters. The van der Waals surface area contributed by atoms with Gasteiger partial charge in [-0.25, -0.2) is 9.97 Å². The molecule has 0 bridgehead atoms. The Morgan fingerprint density at radius 1 is 1.10 bits per heavy atom. The molecule has 0 saturated heterocycles. The van der Waals surface area contributed by atoms with E-state index in [0.29, 0.717) is 5.56 Å². The molecule has 94 valence electrons. The molecule has 5 heteroatoms. The van der Waals surface area contributed by atoms with E-state index < -0.39 is 0 Å². The maximum atomic E-state index is 9.13. The molecule has 2 heterocycles. The summed E-state index contributed by atoms with van der Waals surface area (Å²) in [4.78, 5) is 10.8. The maximum absolute atomic E-state index is 9.13. The van der Waals surface area contributed by atoms with Crippen LogP contribution in [0.4, 0.5) is 0 Å². The van der Waals surface area contributed by atoms with Crippen molar-refractivity contribution >= 4 is 34.3 Å². The lowest BCUT2D eigenvalue weighted by Gasteiger charge is -2.19. The molecule has 1 aliphatic heterocycles. The monoisotopic (exact) mass is 295 g/mol. The molecule has 0 atom stereocenters. The van der Waals surface area contributed by atoms with Crippen LogP contribution in [0.2, 0.25) is 5.28 Å². The van der Waals surface area contributed by atoms with Gasteiger partial charge in [-0.1, -0.05) is 30.0 Å². The Bertz CT molecular complexity index is 915. The summed E-state index contributed by atoms with van der Waals surface area (Å²) in [5, 5.41) is 10.3. The predicted molar refractivity (Wildman–Crippen MR) is 78.8 cm³/mol. The van der Waals surface area contributed by atoms with E-state index in [-0.39, 0.29) is 5.28 Å². The molecular weight excluding hydrogens is 290 g/mol. The minimum atomic E-state index is 0.204. The van der Waals surface area contributed by atoms with E-state index in [0.717, 1.165) is 32.0 Å². The predicted octanol–water partition coefficient (Wildman–Crippen LogP) is 4.29. The molecule has 3 aromatic rings. The van der Waals surface area contributed by atoms with Crippen LogP contribution in [0.5, 0.6) is 0 Å². The van der Waals surface area contributed by atoms with E-state index in [1.807, 2.05) is 30.3 Å². The Balaban J connectivity index is 2.20. The average molecular weight is 296 g/mol. The van der Waals surface area contributed by atoms with Crippen molar-refractivity contribution in [1.29, 1.82) is 5.26 Å². The number of fused-ring (bicyclic) bond motifs is 2. The zero-order valence-electron chi connectivity index (χ0n) is 10.1. The van der Waals surface area contributed by atoms with Crippen LogP contribution in [0.25, 0.3) is 22.2 Å². The molecule has 0 amide bonds. The molecule has 4 rings (SSSR count). The zero-order valence-corrected chi connectivity index (χ0v) is 11.7. The van der Waals surface area contributed by atoms with Crippen LogP contribution < -0.4 is 0 Å². The summed E-state index contributed by atoms with van der Waals surface area (Å²) in [7, 11) is 0. The van der Waals surface area contributed by atoms with E-state index in [9.17, 15) is 0 Å². The van der Waals surface area contributed by atoms with Gasteiger partial charge in [0.15, 0.2) is 0 Å². The Labute approximate surface area is 124 Å². The highest BCUT2D eigenvalue weighted by Crippen LogP contribution is 2.47. The highest BCUT2D eigenvalue weighted by molar-refractivity contribution is 7.99. The third kappa shape index (κ3) is 1.61. The van der Waals surface area contributed by atoms with Gasteiger partial charge in [-0.2, -0.15) is 5.26 Å². The summed E-state index contributed by atoms with van der Waals surface area (Å²) in [6, 6.07) is 13.8. The number of hydrogen-bond donors (Lipinski definition) is 0. The SMILES string of the molecule is N#Cc1cc2c3c(nc(Cl)nc3c1)-c1ccccc1S2. The molecular formula is C15H6ClN3S. The molecule has 0 radical (unpaired) electrons. The summed E-state index contributed by atoms with van der Waals surface area (Å²) in [6.45, 7) is 0. The minimum absolute atomic E-state index is 0.204. The van der Waals surface area contributed by atoms with E-state index in [1.165, 1.54) is 0 Å². The quantitative estimate of drug-likeness (QED) is 0.454. The molecule has 0 aliphatic carbocycles. The summed E-state index contributed by atoms with van der Waals surface area (Å²) < 4.78 is 0. The number of benzene rings is 2. The standard InChI is InChI=1S/C15H6ClN3S/c16-15-18-10-5-8(7-17)6-12-13(10)14(19-15)9-3-1-2-4-11(9)20-12/h1-6H. The lowest BCUT2D eigenvalue weighted by molar-refractivity contribution is 1.19. The highest BCUT2D eigenvalue weighted by Gasteiger charge is 2.22. The zero-order chi connectivity index (χ0) is 13.7. The van der Waals surface area contributed by atoms with Crippen molar-refractivity contribution in [2.75, 3.05) is 0 Å². The highest BCUT2D eigenvalue weighted by atomic mass is 35.5. The Kier molecular flexibility index (Phi) is 2.46. The topological polar surface area (TPSA) is 49.6 Å². The van der Waals surface area contributed by atoms with Crippen molar-refractivity contribution in [2.24, 2.45) is 0 Å². The first kappa shape index (κ1) is 11.7. The molecule has 0 saturated carbocycles. The molecule has 20 heavy (non-hydrogen) atoms. The van der Waals surface area contributed by atoms with Gasteiger partial charge < -0.3 is 0 Å². The van der Waals surface area contributed by atoms with Gasteiger partial charge in [0, 0.05) is 20.7 Å². The van der Waals surface area contributed by atoms with E-state index in [1.54, 1.807) is 17.8 Å². The van der Waals surface area contributed by atoms with Crippen LogP contribution in [-0.4, -0.2) is 9.97 Å². The second-order valence-corrected chi connectivity index (χ2v) is 5.84. The van der Waals surface area contributed by atoms with Gasteiger partial charge in [-0.15, -0.1) is 0 Å². The van der Waals surface area contributed by atoms with Crippen molar-refractivity contribution in [2.45, 2.75) is 9.79 Å². The Morgan fingerprint density at radius 3 is 2.80 bits per heavy atom. The summed E-state index contributed by atoms with van der Waals surface area (Å²) in [5.41, 5.74) is 3.20. The van der Waals surface area contributed by atoms with Crippen molar-refractivity contribution in [3.05, 3.63) is 47.2 Å². The number of hydrogen-bond acceptors (Lipinski definition) is 4. The number of nitrogens with zero attached hydrogens (tertiary/aromatic N) is 3. The van der Waals surface area contributed by atoms with Crippen LogP contribution in [0.1, 0.15) is 5.56 Å².